The molecule has 0 saturated heterocycles. The van der Waals surface area contributed by atoms with Crippen LogP contribution in [0.3, 0.4) is 0 Å². The largest absolute Gasteiger partial charge is 0.369 e. The zero-order valence-electron chi connectivity index (χ0n) is 11.7. The standard InChI is InChI=1S/C14H19N3O2S/c1-3-5-9-8-11(9)17-10-6-4-7-12(20(2,18)19)13(10)16-14(17)15/h4,6-7,9,11H,3,5,8H2,1-2H3,(H2,15,16). The fraction of sp³-hybridized carbons (Fsp3) is 0.500. The number of hydrogen-bond donors (Lipinski definition) is 1. The molecule has 0 bridgehead atoms. The summed E-state index contributed by atoms with van der Waals surface area (Å²) in [6.45, 7) is 2.17. The number of sulfone groups is 1. The van der Waals surface area contributed by atoms with Gasteiger partial charge in [0.15, 0.2) is 9.84 Å². The molecule has 0 spiro atoms. The summed E-state index contributed by atoms with van der Waals surface area (Å²) in [5, 5.41) is 0. The molecule has 2 atom stereocenters. The second-order valence-electron chi connectivity index (χ2n) is 5.59. The second-order valence-corrected chi connectivity index (χ2v) is 7.57. The van der Waals surface area contributed by atoms with Gasteiger partial charge in [-0.15, -0.1) is 0 Å². The first-order valence-corrected chi connectivity index (χ1v) is 8.79. The molecular formula is C14H19N3O2S. The second kappa shape index (κ2) is 4.48. The molecule has 20 heavy (non-hydrogen) atoms. The predicted octanol–water partition coefficient (Wildman–Crippen LogP) is 2.38. The molecule has 2 unspecified atom stereocenters. The van der Waals surface area contributed by atoms with Crippen LogP contribution < -0.4 is 5.73 Å². The Kier molecular flexibility index (Phi) is 3.01. The fourth-order valence-electron chi connectivity index (χ4n) is 2.99. The van der Waals surface area contributed by atoms with E-state index in [0.717, 1.165) is 18.4 Å². The van der Waals surface area contributed by atoms with E-state index in [-0.39, 0.29) is 4.90 Å². The smallest absolute Gasteiger partial charge is 0.201 e. The molecule has 1 aliphatic carbocycles. The van der Waals surface area contributed by atoms with Crippen LogP contribution in [-0.4, -0.2) is 24.2 Å². The summed E-state index contributed by atoms with van der Waals surface area (Å²) in [6.07, 6.45) is 4.64. The van der Waals surface area contributed by atoms with E-state index in [1.807, 2.05) is 10.6 Å². The summed E-state index contributed by atoms with van der Waals surface area (Å²) in [4.78, 5) is 4.55. The highest BCUT2D eigenvalue weighted by Gasteiger charge is 2.39. The first kappa shape index (κ1) is 13.4. The van der Waals surface area contributed by atoms with E-state index in [2.05, 4.69) is 11.9 Å². The van der Waals surface area contributed by atoms with Gasteiger partial charge in [0.05, 0.1) is 10.4 Å². The molecule has 2 N–H and O–H groups in total. The monoisotopic (exact) mass is 293 g/mol. The number of nitrogens with zero attached hydrogens (tertiary/aromatic N) is 2. The average Bonchev–Trinajstić information content (AvgIpc) is 3.01. The van der Waals surface area contributed by atoms with Crippen molar-refractivity contribution in [3.05, 3.63) is 18.2 Å². The van der Waals surface area contributed by atoms with Crippen molar-refractivity contribution in [2.24, 2.45) is 5.92 Å². The highest BCUT2D eigenvalue weighted by Crippen LogP contribution is 2.49. The lowest BCUT2D eigenvalue weighted by molar-refractivity contribution is 0.602. The molecule has 5 nitrogen and oxygen atoms in total. The molecule has 0 amide bonds. The first-order valence-electron chi connectivity index (χ1n) is 6.90. The molecule has 1 aromatic heterocycles. The van der Waals surface area contributed by atoms with Crippen LogP contribution in [0.5, 0.6) is 0 Å². The molecule has 108 valence electrons. The normalized spacial score (nSPS) is 22.3. The van der Waals surface area contributed by atoms with Crippen LogP contribution >= 0.6 is 0 Å². The zero-order chi connectivity index (χ0) is 14.5. The van der Waals surface area contributed by atoms with Gasteiger partial charge in [0, 0.05) is 12.3 Å². The van der Waals surface area contributed by atoms with Crippen molar-refractivity contribution in [2.75, 3.05) is 12.0 Å². The van der Waals surface area contributed by atoms with Crippen LogP contribution in [0, 0.1) is 5.92 Å². The number of hydrogen-bond acceptors (Lipinski definition) is 4. The maximum absolute atomic E-state index is 11.8. The predicted molar refractivity (Wildman–Crippen MR) is 79.3 cm³/mol. The van der Waals surface area contributed by atoms with Gasteiger partial charge in [-0.1, -0.05) is 19.4 Å². The van der Waals surface area contributed by atoms with Crippen LogP contribution in [0.1, 0.15) is 32.2 Å². The number of nitrogen functional groups attached to an aromatic ring is 1. The maximum atomic E-state index is 11.8. The van der Waals surface area contributed by atoms with E-state index in [4.69, 9.17) is 5.73 Å². The molecule has 1 aromatic carbocycles. The van der Waals surface area contributed by atoms with E-state index in [1.54, 1.807) is 12.1 Å². The molecule has 1 aliphatic rings. The van der Waals surface area contributed by atoms with E-state index in [1.165, 1.54) is 12.7 Å². The summed E-state index contributed by atoms with van der Waals surface area (Å²) in [6, 6.07) is 5.61. The number of imidazole rings is 1. The van der Waals surface area contributed by atoms with Crippen molar-refractivity contribution >= 4 is 26.8 Å². The van der Waals surface area contributed by atoms with Crippen molar-refractivity contribution in [1.82, 2.24) is 9.55 Å². The molecule has 3 rings (SSSR count). The lowest BCUT2D eigenvalue weighted by Gasteiger charge is -2.06. The summed E-state index contributed by atoms with van der Waals surface area (Å²) < 4.78 is 25.7. The number of aromatic nitrogens is 2. The van der Waals surface area contributed by atoms with Gasteiger partial charge >= 0.3 is 0 Å². The van der Waals surface area contributed by atoms with Gasteiger partial charge in [0.2, 0.25) is 5.95 Å². The molecule has 1 heterocycles. The number of anilines is 1. The van der Waals surface area contributed by atoms with Gasteiger partial charge in [-0.2, -0.15) is 0 Å². The Morgan fingerprint density at radius 1 is 1.45 bits per heavy atom. The Hall–Kier alpha value is -1.56. The van der Waals surface area contributed by atoms with Crippen molar-refractivity contribution in [3.63, 3.8) is 0 Å². The highest BCUT2D eigenvalue weighted by atomic mass is 32.2. The Morgan fingerprint density at radius 3 is 2.85 bits per heavy atom. The fourth-order valence-corrected chi connectivity index (χ4v) is 3.81. The lowest BCUT2D eigenvalue weighted by Crippen LogP contribution is -2.02. The third-order valence-electron chi connectivity index (χ3n) is 3.99. The Balaban J connectivity index is 2.14. The summed E-state index contributed by atoms with van der Waals surface area (Å²) in [5.41, 5.74) is 7.34. The van der Waals surface area contributed by atoms with Crippen molar-refractivity contribution in [2.45, 2.75) is 37.1 Å². The minimum absolute atomic E-state index is 0.258. The maximum Gasteiger partial charge on any atom is 0.201 e. The molecule has 0 aliphatic heterocycles. The van der Waals surface area contributed by atoms with Crippen LogP contribution in [0.2, 0.25) is 0 Å². The molecule has 6 heteroatoms. The summed E-state index contributed by atoms with van der Waals surface area (Å²) in [5.74, 6) is 1.06. The number of para-hydroxylation sites is 1. The number of rotatable bonds is 4. The summed E-state index contributed by atoms with van der Waals surface area (Å²) >= 11 is 0. The highest BCUT2D eigenvalue weighted by molar-refractivity contribution is 7.91. The Bertz CT molecular complexity index is 764. The SMILES string of the molecule is CCCC1CC1n1c(N)nc2c(S(C)(=O)=O)cccc21. The van der Waals surface area contributed by atoms with Crippen LogP contribution in [0.4, 0.5) is 5.95 Å². The molecular weight excluding hydrogens is 274 g/mol. The van der Waals surface area contributed by atoms with Gasteiger partial charge in [-0.25, -0.2) is 13.4 Å². The quantitative estimate of drug-likeness (QED) is 0.938. The number of benzene rings is 1. The Morgan fingerprint density at radius 2 is 2.20 bits per heavy atom. The first-order chi connectivity index (χ1) is 9.43. The van der Waals surface area contributed by atoms with E-state index < -0.39 is 9.84 Å². The minimum atomic E-state index is -3.29. The van der Waals surface area contributed by atoms with Crippen molar-refractivity contribution in [3.8, 4) is 0 Å². The average molecular weight is 293 g/mol. The van der Waals surface area contributed by atoms with Gasteiger partial charge in [0.25, 0.3) is 0 Å². The van der Waals surface area contributed by atoms with E-state index in [0.29, 0.717) is 23.4 Å². The van der Waals surface area contributed by atoms with Crippen molar-refractivity contribution in [1.29, 1.82) is 0 Å². The molecule has 2 aromatic rings. The molecule has 0 radical (unpaired) electrons. The van der Waals surface area contributed by atoms with E-state index in [9.17, 15) is 8.42 Å². The molecule has 1 fully saturated rings. The van der Waals surface area contributed by atoms with Gasteiger partial charge < -0.3 is 10.3 Å². The molecule has 1 saturated carbocycles. The van der Waals surface area contributed by atoms with Gasteiger partial charge in [0.1, 0.15) is 5.52 Å². The van der Waals surface area contributed by atoms with Crippen molar-refractivity contribution < 1.29 is 8.42 Å². The third kappa shape index (κ3) is 2.08. The third-order valence-corrected chi connectivity index (χ3v) is 5.11. The van der Waals surface area contributed by atoms with Crippen LogP contribution in [0.15, 0.2) is 23.1 Å². The topological polar surface area (TPSA) is 78.0 Å². The number of fused-ring (bicyclic) bond motifs is 1. The van der Waals surface area contributed by atoms with Gasteiger partial charge in [-0.05, 0) is 30.9 Å². The van der Waals surface area contributed by atoms with Crippen LogP contribution in [-0.2, 0) is 9.84 Å². The van der Waals surface area contributed by atoms with Crippen LogP contribution in [0.25, 0.3) is 11.0 Å². The van der Waals surface area contributed by atoms with Gasteiger partial charge in [-0.3, -0.25) is 0 Å². The minimum Gasteiger partial charge on any atom is -0.369 e. The zero-order valence-corrected chi connectivity index (χ0v) is 12.5. The Labute approximate surface area is 118 Å². The lowest BCUT2D eigenvalue weighted by atomic mass is 10.2. The summed E-state index contributed by atoms with van der Waals surface area (Å²) in [7, 11) is -3.29. The van der Waals surface area contributed by atoms with E-state index >= 15 is 0 Å². The number of nitrogens with two attached hydrogens (primary N) is 1.